The van der Waals surface area contributed by atoms with Gasteiger partial charge in [-0.05, 0) is 55.0 Å². The maximum Gasteiger partial charge on any atom is 0.243 e. The molecular weight excluding hydrogens is 458 g/mol. The molecule has 0 bridgehead atoms. The molecule has 8 heteroatoms. The van der Waals surface area contributed by atoms with E-state index >= 15 is 0 Å². The number of amides is 1. The van der Waals surface area contributed by atoms with E-state index in [-0.39, 0.29) is 16.8 Å². The molecule has 2 fully saturated rings. The predicted molar refractivity (Wildman–Crippen MR) is 130 cm³/mol. The van der Waals surface area contributed by atoms with E-state index in [1.807, 2.05) is 35.2 Å². The molecule has 1 N–H and O–H groups in total. The Morgan fingerprint density at radius 3 is 2.33 bits per heavy atom. The van der Waals surface area contributed by atoms with Crippen LogP contribution in [0, 0.1) is 5.92 Å². The lowest BCUT2D eigenvalue weighted by molar-refractivity contribution is -0.134. The van der Waals surface area contributed by atoms with Crippen LogP contribution in [-0.4, -0.2) is 54.9 Å². The maximum atomic E-state index is 13.5. The van der Waals surface area contributed by atoms with E-state index in [1.54, 1.807) is 24.3 Å². The van der Waals surface area contributed by atoms with Crippen molar-refractivity contribution < 1.29 is 13.2 Å². The first-order chi connectivity index (χ1) is 15.7. The lowest BCUT2D eigenvalue weighted by Gasteiger charge is -2.45. The van der Waals surface area contributed by atoms with Gasteiger partial charge >= 0.3 is 0 Å². The number of piperidine rings is 1. The molecule has 2 saturated heterocycles. The molecule has 2 heterocycles. The van der Waals surface area contributed by atoms with Crippen molar-refractivity contribution in [2.24, 2.45) is 5.92 Å². The van der Waals surface area contributed by atoms with Crippen LogP contribution < -0.4 is 5.32 Å². The Morgan fingerprint density at radius 2 is 1.73 bits per heavy atom. The van der Waals surface area contributed by atoms with E-state index in [9.17, 15) is 13.2 Å². The van der Waals surface area contributed by atoms with E-state index in [4.69, 9.17) is 11.6 Å². The zero-order chi connectivity index (χ0) is 23.6. The van der Waals surface area contributed by atoms with Gasteiger partial charge in [0.1, 0.15) is 0 Å². The number of carbonyl (C=O) groups is 1. The molecule has 2 aromatic carbocycles. The smallest absolute Gasteiger partial charge is 0.243 e. The predicted octanol–water partition coefficient (Wildman–Crippen LogP) is 3.91. The Morgan fingerprint density at radius 1 is 1.09 bits per heavy atom. The molecule has 6 nitrogen and oxygen atoms in total. The average molecular weight is 490 g/mol. The minimum atomic E-state index is -3.60. The van der Waals surface area contributed by atoms with Gasteiger partial charge in [0.25, 0.3) is 0 Å². The summed E-state index contributed by atoms with van der Waals surface area (Å²) in [6.45, 7) is 5.69. The summed E-state index contributed by atoms with van der Waals surface area (Å²) in [6, 6.07) is 16.0. The fourth-order valence-corrected chi connectivity index (χ4v) is 6.39. The van der Waals surface area contributed by atoms with Gasteiger partial charge in [-0.2, -0.15) is 4.31 Å². The van der Waals surface area contributed by atoms with Crippen molar-refractivity contribution in [3.8, 4) is 0 Å². The second-order valence-electron chi connectivity index (χ2n) is 9.24. The molecule has 33 heavy (non-hydrogen) atoms. The Kier molecular flexibility index (Phi) is 7.15. The number of hydrogen-bond donors (Lipinski definition) is 1. The molecule has 0 radical (unpaired) electrons. The van der Waals surface area contributed by atoms with Crippen LogP contribution in [0.15, 0.2) is 59.5 Å². The van der Waals surface area contributed by atoms with Crippen LogP contribution in [0.1, 0.15) is 38.7 Å². The summed E-state index contributed by atoms with van der Waals surface area (Å²) in [6.07, 6.45) is 2.74. The summed E-state index contributed by atoms with van der Waals surface area (Å²) >= 11 is 5.93. The van der Waals surface area contributed by atoms with Crippen LogP contribution in [0.5, 0.6) is 0 Å². The summed E-state index contributed by atoms with van der Waals surface area (Å²) in [7, 11) is -3.60. The average Bonchev–Trinajstić information content (AvgIpc) is 3.05. The number of nitrogens with one attached hydrogen (secondary N) is 1. The zero-order valence-corrected chi connectivity index (χ0v) is 20.8. The van der Waals surface area contributed by atoms with Gasteiger partial charge in [-0.25, -0.2) is 8.42 Å². The first kappa shape index (κ1) is 24.2. The number of hydrogen-bond acceptors (Lipinski definition) is 4. The van der Waals surface area contributed by atoms with Crippen molar-refractivity contribution in [1.82, 2.24) is 14.5 Å². The second kappa shape index (κ2) is 9.74. The quantitative estimate of drug-likeness (QED) is 0.640. The number of nitrogens with zero attached hydrogens (tertiary/aromatic N) is 2. The van der Waals surface area contributed by atoms with Gasteiger partial charge in [0.2, 0.25) is 15.9 Å². The Bertz CT molecular complexity index is 1070. The normalized spacial score (nSPS) is 22.1. The second-order valence-corrected chi connectivity index (χ2v) is 11.6. The van der Waals surface area contributed by atoms with E-state index in [2.05, 4.69) is 19.2 Å². The fraction of sp³-hybridized carbons (Fsp3) is 0.480. The molecule has 4 rings (SSSR count). The summed E-state index contributed by atoms with van der Waals surface area (Å²) in [5, 5.41) is 4.15. The number of rotatable bonds is 7. The highest BCUT2D eigenvalue weighted by atomic mass is 35.5. The topological polar surface area (TPSA) is 69.7 Å². The molecular formula is C25H32ClN3O3S. The summed E-state index contributed by atoms with van der Waals surface area (Å²) in [4.78, 5) is 15.7. The van der Waals surface area contributed by atoms with Crippen molar-refractivity contribution in [1.29, 1.82) is 0 Å². The van der Waals surface area contributed by atoms with Crippen molar-refractivity contribution in [3.05, 3.63) is 65.2 Å². The van der Waals surface area contributed by atoms with E-state index in [0.717, 1.165) is 12.0 Å². The zero-order valence-electron chi connectivity index (χ0n) is 19.2. The highest BCUT2D eigenvalue weighted by molar-refractivity contribution is 7.89. The highest BCUT2D eigenvalue weighted by Gasteiger charge is 2.52. The largest absolute Gasteiger partial charge is 0.323 e. The van der Waals surface area contributed by atoms with E-state index < -0.39 is 15.7 Å². The van der Waals surface area contributed by atoms with Crippen LogP contribution in [0.25, 0.3) is 0 Å². The molecule has 1 amide bonds. The lowest BCUT2D eigenvalue weighted by Crippen LogP contribution is -2.60. The Hall–Kier alpha value is -1.93. The molecule has 2 aliphatic rings. The molecule has 2 atom stereocenters. The summed E-state index contributed by atoms with van der Waals surface area (Å²) in [5.41, 5.74) is 0.609. The van der Waals surface area contributed by atoms with Crippen LogP contribution >= 0.6 is 11.6 Å². The van der Waals surface area contributed by atoms with E-state index in [1.165, 1.54) is 4.31 Å². The Balaban J connectivity index is 1.53. The summed E-state index contributed by atoms with van der Waals surface area (Å²) < 4.78 is 27.8. The third-order valence-corrected chi connectivity index (χ3v) is 9.16. The fourth-order valence-electron chi connectivity index (χ4n) is 4.82. The third kappa shape index (κ3) is 4.97. The SMILES string of the molecule is CCC(C)CN1C(=O)C(Cc2ccccc2)NC12CCN(S(=O)(=O)c1ccc(Cl)cc1)CC2. The summed E-state index contributed by atoms with van der Waals surface area (Å²) in [5.74, 6) is 0.493. The number of sulfonamides is 1. The van der Waals surface area contributed by atoms with Crippen molar-refractivity contribution in [2.45, 2.75) is 56.1 Å². The van der Waals surface area contributed by atoms with Gasteiger partial charge in [0.05, 0.1) is 16.6 Å². The maximum absolute atomic E-state index is 13.5. The van der Waals surface area contributed by atoms with Gasteiger partial charge in [-0.15, -0.1) is 0 Å². The van der Waals surface area contributed by atoms with Crippen molar-refractivity contribution in [3.63, 3.8) is 0 Å². The first-order valence-electron chi connectivity index (χ1n) is 11.6. The van der Waals surface area contributed by atoms with Gasteiger partial charge in [0, 0.05) is 24.7 Å². The van der Waals surface area contributed by atoms with E-state index in [0.29, 0.717) is 49.8 Å². The lowest BCUT2D eigenvalue weighted by atomic mass is 9.95. The minimum absolute atomic E-state index is 0.119. The standard InChI is InChI=1S/C25H32ClN3O3S/c1-3-19(2)18-29-24(30)23(17-20-7-5-4-6-8-20)27-25(29)13-15-28(16-14-25)33(31,32)22-11-9-21(26)10-12-22/h4-12,19,23,27H,3,13-18H2,1-2H3. The number of benzene rings is 2. The monoisotopic (exact) mass is 489 g/mol. The molecule has 0 aliphatic carbocycles. The molecule has 0 aromatic heterocycles. The van der Waals surface area contributed by atoms with Gasteiger partial charge in [0.15, 0.2) is 0 Å². The molecule has 0 saturated carbocycles. The molecule has 1 spiro atoms. The molecule has 178 valence electrons. The first-order valence-corrected chi connectivity index (χ1v) is 13.5. The van der Waals surface area contributed by atoms with Gasteiger partial charge in [-0.3, -0.25) is 10.1 Å². The van der Waals surface area contributed by atoms with Crippen LogP contribution in [-0.2, 0) is 21.2 Å². The minimum Gasteiger partial charge on any atom is -0.323 e. The number of carbonyl (C=O) groups excluding carboxylic acids is 1. The highest BCUT2D eigenvalue weighted by Crippen LogP contribution is 2.36. The van der Waals surface area contributed by atoms with Gasteiger partial charge in [-0.1, -0.05) is 62.2 Å². The third-order valence-electron chi connectivity index (χ3n) is 7.00. The van der Waals surface area contributed by atoms with Crippen LogP contribution in [0.4, 0.5) is 0 Å². The molecule has 2 unspecified atom stereocenters. The van der Waals surface area contributed by atoms with Crippen molar-refractivity contribution in [2.75, 3.05) is 19.6 Å². The van der Waals surface area contributed by atoms with Gasteiger partial charge < -0.3 is 4.90 Å². The number of halogens is 1. The molecule has 2 aliphatic heterocycles. The van der Waals surface area contributed by atoms with Crippen molar-refractivity contribution >= 4 is 27.5 Å². The molecule has 2 aromatic rings. The van der Waals surface area contributed by atoms with Crippen LogP contribution in [0.2, 0.25) is 5.02 Å². The Labute approximate surface area is 202 Å². The van der Waals surface area contributed by atoms with Crippen LogP contribution in [0.3, 0.4) is 0 Å².